The van der Waals surface area contributed by atoms with Gasteiger partial charge in [0.2, 0.25) is 5.95 Å². The van der Waals surface area contributed by atoms with Crippen molar-refractivity contribution >= 4 is 28.6 Å². The van der Waals surface area contributed by atoms with Crippen LogP contribution < -0.4 is 10.5 Å². The zero-order chi connectivity index (χ0) is 17.3. The van der Waals surface area contributed by atoms with Crippen LogP contribution in [0.2, 0.25) is 5.02 Å². The molecular weight excluding hydrogens is 326 g/mol. The smallest absolute Gasteiger partial charge is 0.278 e. The number of aromatic amines is 1. The summed E-state index contributed by atoms with van der Waals surface area (Å²) in [6.45, 7) is 2.68. The molecule has 0 spiro atoms. The SMILES string of the molecule is CCCc1nn(C)c2c(=O)[nH]c(N(C)Cc3cccc(Cl)c3)nc12. The molecule has 0 amide bonds. The Bertz CT molecular complexity index is 930. The quantitative estimate of drug-likeness (QED) is 0.772. The lowest BCUT2D eigenvalue weighted by Crippen LogP contribution is -2.23. The zero-order valence-electron chi connectivity index (χ0n) is 14.0. The van der Waals surface area contributed by atoms with Gasteiger partial charge in [-0.2, -0.15) is 5.10 Å². The number of aromatic nitrogens is 4. The maximum Gasteiger partial charge on any atom is 0.278 e. The van der Waals surface area contributed by atoms with Crippen molar-refractivity contribution in [2.45, 2.75) is 26.3 Å². The van der Waals surface area contributed by atoms with Crippen LogP contribution in [0.25, 0.3) is 11.0 Å². The summed E-state index contributed by atoms with van der Waals surface area (Å²) < 4.78 is 1.60. The molecule has 6 nitrogen and oxygen atoms in total. The average molecular weight is 346 g/mol. The summed E-state index contributed by atoms with van der Waals surface area (Å²) >= 11 is 6.03. The summed E-state index contributed by atoms with van der Waals surface area (Å²) in [6, 6.07) is 7.64. The number of nitrogens with one attached hydrogen (secondary N) is 1. The number of hydrogen-bond donors (Lipinski definition) is 1. The fraction of sp³-hybridized carbons (Fsp3) is 0.353. The van der Waals surface area contributed by atoms with Gasteiger partial charge >= 0.3 is 0 Å². The maximum absolute atomic E-state index is 12.4. The predicted octanol–water partition coefficient (Wildman–Crippen LogP) is 2.90. The molecule has 0 fully saturated rings. The molecule has 1 aromatic carbocycles. The average Bonchev–Trinajstić information content (AvgIpc) is 2.84. The molecule has 0 unspecified atom stereocenters. The van der Waals surface area contributed by atoms with Gasteiger partial charge in [-0.05, 0) is 24.1 Å². The lowest BCUT2D eigenvalue weighted by Gasteiger charge is -2.17. The lowest BCUT2D eigenvalue weighted by atomic mass is 10.2. The highest BCUT2D eigenvalue weighted by atomic mass is 35.5. The van der Waals surface area contributed by atoms with Crippen molar-refractivity contribution < 1.29 is 0 Å². The van der Waals surface area contributed by atoms with E-state index in [1.807, 2.05) is 36.2 Å². The van der Waals surface area contributed by atoms with E-state index in [1.54, 1.807) is 11.7 Å². The number of hydrogen-bond acceptors (Lipinski definition) is 4. The minimum atomic E-state index is -0.176. The van der Waals surface area contributed by atoms with Crippen LogP contribution in [0, 0.1) is 0 Å². The van der Waals surface area contributed by atoms with Crippen molar-refractivity contribution in [3.8, 4) is 0 Å². The molecule has 126 valence electrons. The molecular formula is C17H20ClN5O. The fourth-order valence-corrected chi connectivity index (χ4v) is 3.02. The van der Waals surface area contributed by atoms with Gasteiger partial charge in [0.25, 0.3) is 5.56 Å². The van der Waals surface area contributed by atoms with Crippen LogP contribution in [0.5, 0.6) is 0 Å². The number of H-pyrrole nitrogens is 1. The summed E-state index contributed by atoms with van der Waals surface area (Å²) in [4.78, 5) is 21.8. The Morgan fingerprint density at radius 2 is 2.17 bits per heavy atom. The van der Waals surface area contributed by atoms with E-state index in [4.69, 9.17) is 11.6 Å². The van der Waals surface area contributed by atoms with Crippen LogP contribution in [0.1, 0.15) is 24.6 Å². The minimum Gasteiger partial charge on any atom is -0.341 e. The number of nitrogens with zero attached hydrogens (tertiary/aromatic N) is 4. The van der Waals surface area contributed by atoms with E-state index in [-0.39, 0.29) is 5.56 Å². The van der Waals surface area contributed by atoms with Crippen LogP contribution in [0.15, 0.2) is 29.1 Å². The normalized spacial score (nSPS) is 11.2. The number of benzene rings is 1. The van der Waals surface area contributed by atoms with Crippen LogP contribution in [-0.2, 0) is 20.0 Å². The molecule has 2 heterocycles. The Balaban J connectivity index is 2.00. The molecule has 0 saturated heterocycles. The molecule has 0 atom stereocenters. The number of fused-ring (bicyclic) bond motifs is 1. The summed E-state index contributed by atoms with van der Waals surface area (Å²) in [6.07, 6.45) is 1.75. The van der Waals surface area contributed by atoms with Crippen molar-refractivity contribution in [3.63, 3.8) is 0 Å². The van der Waals surface area contributed by atoms with Crippen LogP contribution in [0.3, 0.4) is 0 Å². The number of anilines is 1. The summed E-state index contributed by atoms with van der Waals surface area (Å²) in [5.74, 6) is 0.526. The van der Waals surface area contributed by atoms with E-state index in [2.05, 4.69) is 22.0 Å². The van der Waals surface area contributed by atoms with E-state index in [0.717, 1.165) is 24.1 Å². The number of rotatable bonds is 5. The second-order valence-corrected chi connectivity index (χ2v) is 6.33. The Morgan fingerprint density at radius 3 is 2.88 bits per heavy atom. The van der Waals surface area contributed by atoms with Gasteiger partial charge in [0, 0.05) is 25.7 Å². The molecule has 0 radical (unpaired) electrons. The Kier molecular flexibility index (Phi) is 4.57. The molecule has 0 aliphatic heterocycles. The summed E-state index contributed by atoms with van der Waals surface area (Å²) in [5.41, 5.74) is 2.92. The van der Waals surface area contributed by atoms with Gasteiger partial charge in [-0.3, -0.25) is 14.5 Å². The van der Waals surface area contributed by atoms with Crippen molar-refractivity contribution in [1.82, 2.24) is 19.7 Å². The van der Waals surface area contributed by atoms with Gasteiger partial charge in [-0.15, -0.1) is 0 Å². The van der Waals surface area contributed by atoms with E-state index in [9.17, 15) is 4.79 Å². The topological polar surface area (TPSA) is 66.8 Å². The molecule has 0 saturated carbocycles. The van der Waals surface area contributed by atoms with Crippen molar-refractivity contribution in [3.05, 3.63) is 50.9 Å². The second-order valence-electron chi connectivity index (χ2n) is 5.89. The van der Waals surface area contributed by atoms with Crippen LogP contribution >= 0.6 is 11.6 Å². The van der Waals surface area contributed by atoms with E-state index in [1.165, 1.54) is 0 Å². The van der Waals surface area contributed by atoms with Gasteiger partial charge < -0.3 is 4.90 Å². The van der Waals surface area contributed by atoms with Crippen molar-refractivity contribution in [2.24, 2.45) is 7.05 Å². The highest BCUT2D eigenvalue weighted by Crippen LogP contribution is 2.18. The molecule has 0 bridgehead atoms. The molecule has 0 aliphatic carbocycles. The zero-order valence-corrected chi connectivity index (χ0v) is 14.8. The van der Waals surface area contributed by atoms with Gasteiger partial charge in [0.05, 0.1) is 5.69 Å². The Morgan fingerprint density at radius 1 is 1.38 bits per heavy atom. The first-order valence-electron chi connectivity index (χ1n) is 7.91. The third-order valence-electron chi connectivity index (χ3n) is 3.91. The maximum atomic E-state index is 12.4. The molecule has 1 N–H and O–H groups in total. The molecule has 0 aliphatic rings. The molecule has 24 heavy (non-hydrogen) atoms. The van der Waals surface area contributed by atoms with Gasteiger partial charge in [0.1, 0.15) is 5.52 Å². The highest BCUT2D eigenvalue weighted by molar-refractivity contribution is 6.30. The second kappa shape index (κ2) is 6.65. The van der Waals surface area contributed by atoms with E-state index >= 15 is 0 Å². The first kappa shape index (κ1) is 16.5. The predicted molar refractivity (Wildman–Crippen MR) is 96.7 cm³/mol. The largest absolute Gasteiger partial charge is 0.341 e. The molecule has 3 aromatic rings. The fourth-order valence-electron chi connectivity index (χ4n) is 2.80. The Labute approximate surface area is 145 Å². The van der Waals surface area contributed by atoms with Crippen molar-refractivity contribution in [2.75, 3.05) is 11.9 Å². The van der Waals surface area contributed by atoms with Crippen LogP contribution in [-0.4, -0.2) is 26.8 Å². The molecule has 3 rings (SSSR count). The number of halogens is 1. The van der Waals surface area contributed by atoms with Gasteiger partial charge in [0.15, 0.2) is 5.52 Å². The van der Waals surface area contributed by atoms with E-state index < -0.39 is 0 Å². The first-order valence-corrected chi connectivity index (χ1v) is 8.29. The summed E-state index contributed by atoms with van der Waals surface area (Å²) in [5, 5.41) is 5.12. The van der Waals surface area contributed by atoms with Crippen molar-refractivity contribution in [1.29, 1.82) is 0 Å². The van der Waals surface area contributed by atoms with Gasteiger partial charge in [-0.1, -0.05) is 37.1 Å². The minimum absolute atomic E-state index is 0.176. The first-order chi connectivity index (χ1) is 11.5. The monoisotopic (exact) mass is 345 g/mol. The lowest BCUT2D eigenvalue weighted by molar-refractivity contribution is 0.750. The van der Waals surface area contributed by atoms with Crippen LogP contribution in [0.4, 0.5) is 5.95 Å². The Hall–Kier alpha value is -2.34. The standard InChI is InChI=1S/C17H20ClN5O/c1-4-6-13-14-15(23(3)21-13)16(24)20-17(19-14)22(2)10-11-7-5-8-12(18)9-11/h5,7-9H,4,6,10H2,1-3H3,(H,19,20,24). The highest BCUT2D eigenvalue weighted by Gasteiger charge is 2.16. The van der Waals surface area contributed by atoms with E-state index in [0.29, 0.717) is 28.5 Å². The third kappa shape index (κ3) is 3.14. The summed E-state index contributed by atoms with van der Waals surface area (Å²) in [7, 11) is 3.66. The van der Waals surface area contributed by atoms with Gasteiger partial charge in [-0.25, -0.2) is 4.98 Å². The molecule has 7 heteroatoms. The number of aryl methyl sites for hydroxylation is 2. The third-order valence-corrected chi connectivity index (χ3v) is 4.14. The molecule has 2 aromatic heterocycles.